The fourth-order valence-corrected chi connectivity index (χ4v) is 2.55. The van der Waals surface area contributed by atoms with Crippen LogP contribution in [-0.2, 0) is 0 Å². The third kappa shape index (κ3) is 1.75. The number of hydroxylamine groups is 3. The highest BCUT2D eigenvalue weighted by Crippen LogP contribution is 2.38. The minimum Gasteiger partial charge on any atom is -0.614 e. The Morgan fingerprint density at radius 3 is 2.68 bits per heavy atom. The van der Waals surface area contributed by atoms with Gasteiger partial charge in [-0.1, -0.05) is 0 Å². The van der Waals surface area contributed by atoms with Gasteiger partial charge in [-0.3, -0.25) is 0 Å². The molecule has 0 amide bonds. The van der Waals surface area contributed by atoms with Gasteiger partial charge in [-0.25, -0.2) is 4.65 Å². The van der Waals surface area contributed by atoms with E-state index in [4.69, 9.17) is 4.42 Å². The molecular formula is C13H12BrN3O2. The Kier molecular flexibility index (Phi) is 2.63. The molecule has 0 aromatic carbocycles. The highest BCUT2D eigenvalue weighted by Gasteiger charge is 2.38. The molecule has 98 valence electrons. The van der Waals surface area contributed by atoms with Crippen molar-refractivity contribution in [3.63, 3.8) is 0 Å². The molecule has 3 rings (SSSR count). The van der Waals surface area contributed by atoms with E-state index >= 15 is 0 Å². The van der Waals surface area contributed by atoms with Gasteiger partial charge >= 0.3 is 5.96 Å². The summed E-state index contributed by atoms with van der Waals surface area (Å²) in [6.45, 7) is 5.56. The largest absolute Gasteiger partial charge is 0.614 e. The van der Waals surface area contributed by atoms with Crippen LogP contribution in [0.2, 0.25) is 0 Å². The zero-order valence-electron chi connectivity index (χ0n) is 10.8. The van der Waals surface area contributed by atoms with Crippen LogP contribution in [0.1, 0.15) is 24.0 Å². The zero-order chi connectivity index (χ0) is 13.8. The minimum atomic E-state index is -0.776. The highest BCUT2D eigenvalue weighted by atomic mass is 79.9. The average molecular weight is 322 g/mol. The van der Waals surface area contributed by atoms with Gasteiger partial charge in [0, 0.05) is 33.3 Å². The quantitative estimate of drug-likeness (QED) is 0.451. The maximum Gasteiger partial charge on any atom is 0.340 e. The molecule has 0 bridgehead atoms. The molecule has 0 fully saturated rings. The molecule has 1 unspecified atom stereocenters. The Morgan fingerprint density at radius 2 is 2.05 bits per heavy atom. The van der Waals surface area contributed by atoms with Crippen LogP contribution in [0.15, 0.2) is 36.8 Å². The number of halogens is 1. The molecular weight excluding hydrogens is 310 g/mol. The summed E-state index contributed by atoms with van der Waals surface area (Å²) in [6, 6.07) is 1.88. The van der Waals surface area contributed by atoms with Crippen molar-refractivity contribution in [2.24, 2.45) is 9.98 Å². The fraction of sp³-hybridized carbons (Fsp3) is 0.231. The molecule has 0 spiro atoms. The number of aliphatic imine (C=N–C) groups is 2. The Morgan fingerprint density at radius 1 is 1.32 bits per heavy atom. The summed E-state index contributed by atoms with van der Waals surface area (Å²) in [6.07, 6.45) is 3.18. The average Bonchev–Trinajstić information content (AvgIpc) is 2.85. The van der Waals surface area contributed by atoms with Crippen molar-refractivity contribution in [2.45, 2.75) is 20.8 Å². The molecule has 0 radical (unpaired) electrons. The number of aryl methyl sites for hydroxylation is 2. The van der Waals surface area contributed by atoms with E-state index < -0.39 is 4.65 Å². The molecule has 2 aliphatic rings. The summed E-state index contributed by atoms with van der Waals surface area (Å²) >= 11 is 3.34. The van der Waals surface area contributed by atoms with Gasteiger partial charge in [-0.15, -0.1) is 0 Å². The second-order valence-corrected chi connectivity index (χ2v) is 5.39. The number of nitrogens with zero attached hydrogens (tertiary/aromatic N) is 3. The predicted molar refractivity (Wildman–Crippen MR) is 77.3 cm³/mol. The highest BCUT2D eigenvalue weighted by molar-refractivity contribution is 9.11. The van der Waals surface area contributed by atoms with Crippen molar-refractivity contribution in [2.75, 3.05) is 0 Å². The van der Waals surface area contributed by atoms with Crippen LogP contribution >= 0.6 is 15.9 Å². The van der Waals surface area contributed by atoms with Crippen molar-refractivity contribution in [1.29, 1.82) is 0 Å². The Balaban J connectivity index is 2.14. The van der Waals surface area contributed by atoms with Crippen molar-refractivity contribution >= 4 is 33.8 Å². The van der Waals surface area contributed by atoms with Gasteiger partial charge in [0.05, 0.1) is 0 Å². The van der Waals surface area contributed by atoms with Crippen LogP contribution in [0.5, 0.6) is 0 Å². The van der Waals surface area contributed by atoms with Gasteiger partial charge in [0.1, 0.15) is 23.4 Å². The van der Waals surface area contributed by atoms with E-state index in [-0.39, 0.29) is 5.96 Å². The lowest BCUT2D eigenvalue weighted by atomic mass is 10.2. The summed E-state index contributed by atoms with van der Waals surface area (Å²) in [7, 11) is 0. The predicted octanol–water partition coefficient (Wildman–Crippen LogP) is 3.59. The van der Waals surface area contributed by atoms with Crippen molar-refractivity contribution in [3.05, 3.63) is 44.7 Å². The molecule has 1 aromatic heterocycles. The molecule has 19 heavy (non-hydrogen) atoms. The Bertz CT molecular complexity index is 697. The molecule has 0 saturated carbocycles. The standard InChI is InChI=1S/C13H12BrN3O2/c1-7-5-15-13-16-11(6-17(13,18)12(7)14)10-4-8(2)19-9(10)3/h4-6H,1-3H3. The first-order chi connectivity index (χ1) is 8.91. The van der Waals surface area contributed by atoms with Gasteiger partial charge in [-0.2, -0.15) is 9.98 Å². The number of allylic oxidation sites excluding steroid dienone is 1. The number of hydrogen-bond acceptors (Lipinski definition) is 4. The first-order valence-electron chi connectivity index (χ1n) is 5.82. The molecule has 0 saturated heterocycles. The van der Waals surface area contributed by atoms with Gasteiger partial charge in [0.2, 0.25) is 0 Å². The number of hydrogen-bond donors (Lipinski definition) is 0. The normalized spacial score (nSPS) is 25.5. The van der Waals surface area contributed by atoms with Gasteiger partial charge in [0.25, 0.3) is 0 Å². The van der Waals surface area contributed by atoms with Crippen LogP contribution in [-0.4, -0.2) is 16.8 Å². The van der Waals surface area contributed by atoms with Crippen LogP contribution in [0, 0.1) is 19.1 Å². The SMILES string of the molecule is CC1=C(Br)[N+]2([O-])C=C(c3cc(C)oc3C)N=C2N=C1. The molecule has 0 aliphatic carbocycles. The van der Waals surface area contributed by atoms with E-state index in [1.807, 2.05) is 26.8 Å². The van der Waals surface area contributed by atoms with E-state index in [0.717, 1.165) is 22.7 Å². The van der Waals surface area contributed by atoms with Crippen LogP contribution in [0.25, 0.3) is 5.70 Å². The molecule has 0 N–H and O–H groups in total. The van der Waals surface area contributed by atoms with Gasteiger partial charge in [-0.05, 0) is 26.8 Å². The first-order valence-corrected chi connectivity index (χ1v) is 6.61. The third-order valence-corrected chi connectivity index (χ3v) is 4.28. The lowest BCUT2D eigenvalue weighted by molar-refractivity contribution is -0.675. The van der Waals surface area contributed by atoms with E-state index in [2.05, 4.69) is 25.9 Å². The van der Waals surface area contributed by atoms with Gasteiger partial charge < -0.3 is 9.62 Å². The molecule has 1 aromatic rings. The molecule has 6 heteroatoms. The Hall–Kier alpha value is -1.50. The monoisotopic (exact) mass is 321 g/mol. The molecule has 2 aliphatic heterocycles. The maximum atomic E-state index is 12.8. The number of guanidine groups is 1. The number of furan rings is 1. The first kappa shape index (κ1) is 12.5. The second-order valence-electron chi connectivity index (χ2n) is 4.64. The van der Waals surface area contributed by atoms with E-state index in [0.29, 0.717) is 10.3 Å². The van der Waals surface area contributed by atoms with Crippen molar-refractivity contribution in [1.82, 2.24) is 0 Å². The van der Waals surface area contributed by atoms with Crippen molar-refractivity contribution < 1.29 is 9.06 Å². The zero-order valence-corrected chi connectivity index (χ0v) is 12.4. The van der Waals surface area contributed by atoms with Crippen LogP contribution in [0.4, 0.5) is 0 Å². The third-order valence-electron chi connectivity index (χ3n) is 3.13. The van der Waals surface area contributed by atoms with E-state index in [1.165, 1.54) is 6.20 Å². The fourth-order valence-electron chi connectivity index (χ4n) is 2.18. The number of quaternary nitrogens is 1. The molecule has 1 atom stereocenters. The summed E-state index contributed by atoms with van der Waals surface area (Å²) in [5.74, 6) is 1.76. The van der Waals surface area contributed by atoms with Crippen LogP contribution < -0.4 is 0 Å². The summed E-state index contributed by atoms with van der Waals surface area (Å²) in [5.41, 5.74) is 2.23. The summed E-state index contributed by atoms with van der Waals surface area (Å²) < 4.78 is 5.21. The lowest BCUT2D eigenvalue weighted by Gasteiger charge is -2.34. The summed E-state index contributed by atoms with van der Waals surface area (Å²) in [5, 5.41) is 12.8. The second kappa shape index (κ2) is 4.00. The topological polar surface area (TPSA) is 60.9 Å². The lowest BCUT2D eigenvalue weighted by Crippen LogP contribution is -2.39. The maximum absolute atomic E-state index is 12.8. The smallest absolute Gasteiger partial charge is 0.340 e. The number of rotatable bonds is 1. The van der Waals surface area contributed by atoms with E-state index in [9.17, 15) is 5.21 Å². The molecule has 5 nitrogen and oxygen atoms in total. The minimum absolute atomic E-state index is 0.214. The van der Waals surface area contributed by atoms with Gasteiger partial charge in [0.15, 0.2) is 4.61 Å². The Labute approximate surface area is 118 Å². The summed E-state index contributed by atoms with van der Waals surface area (Å²) in [4.78, 5) is 8.45. The molecule has 3 heterocycles. The van der Waals surface area contributed by atoms with E-state index in [1.54, 1.807) is 6.21 Å². The number of fused-ring (bicyclic) bond motifs is 1. The van der Waals surface area contributed by atoms with Crippen LogP contribution in [0.3, 0.4) is 0 Å². The van der Waals surface area contributed by atoms with Crippen molar-refractivity contribution in [3.8, 4) is 0 Å².